The van der Waals surface area contributed by atoms with Crippen molar-refractivity contribution in [1.29, 1.82) is 0 Å². The maximum atomic E-state index is 14.9. The first kappa shape index (κ1) is 27.9. The van der Waals surface area contributed by atoms with Crippen LogP contribution in [0.1, 0.15) is 90.0 Å². The Bertz CT molecular complexity index is 1020. The number of unbranched alkanes of at least 4 members (excludes halogenated alkanes) is 9. The predicted octanol–water partition coefficient (Wildman–Crippen LogP) is 10.6. The molecule has 0 heterocycles. The highest BCUT2D eigenvalue weighted by Gasteiger charge is 2.16. The van der Waals surface area contributed by atoms with Gasteiger partial charge in [-0.05, 0) is 53.6 Å². The molecule has 0 bridgehead atoms. The van der Waals surface area contributed by atoms with E-state index in [1.165, 1.54) is 63.4 Å². The summed E-state index contributed by atoms with van der Waals surface area (Å²) in [7, 11) is 0. The van der Waals surface area contributed by atoms with E-state index in [9.17, 15) is 8.78 Å². The Kier molecular flexibility index (Phi) is 12.0. The Balaban J connectivity index is 1.53. The molecular formula is C33H42F2O. The van der Waals surface area contributed by atoms with Gasteiger partial charge in [0.2, 0.25) is 5.82 Å². The molecule has 0 atom stereocenters. The lowest BCUT2D eigenvalue weighted by atomic mass is 9.98. The molecule has 0 radical (unpaired) electrons. The second-order valence-corrected chi connectivity index (χ2v) is 9.79. The molecule has 36 heavy (non-hydrogen) atoms. The third-order valence-corrected chi connectivity index (χ3v) is 6.85. The van der Waals surface area contributed by atoms with Crippen LogP contribution in [0.25, 0.3) is 22.3 Å². The van der Waals surface area contributed by atoms with Crippen LogP contribution in [0.2, 0.25) is 0 Å². The largest absolute Gasteiger partial charge is 0.490 e. The van der Waals surface area contributed by atoms with Gasteiger partial charge in [-0.15, -0.1) is 0 Å². The Morgan fingerprint density at radius 3 is 1.69 bits per heavy atom. The van der Waals surface area contributed by atoms with E-state index >= 15 is 0 Å². The molecule has 1 nitrogen and oxygen atoms in total. The van der Waals surface area contributed by atoms with E-state index in [0.29, 0.717) is 12.2 Å². The molecule has 194 valence electrons. The minimum absolute atomic E-state index is 0.00478. The van der Waals surface area contributed by atoms with E-state index in [4.69, 9.17) is 4.74 Å². The molecule has 0 saturated heterocycles. The molecule has 0 N–H and O–H groups in total. The van der Waals surface area contributed by atoms with Crippen molar-refractivity contribution in [2.24, 2.45) is 0 Å². The summed E-state index contributed by atoms with van der Waals surface area (Å²) in [4.78, 5) is 0. The Hall–Kier alpha value is -2.68. The molecule has 3 rings (SSSR count). The van der Waals surface area contributed by atoms with E-state index in [1.54, 1.807) is 12.1 Å². The third kappa shape index (κ3) is 8.47. The average molecular weight is 493 g/mol. The second-order valence-electron chi connectivity index (χ2n) is 9.79. The van der Waals surface area contributed by atoms with E-state index in [-0.39, 0.29) is 11.3 Å². The highest BCUT2D eigenvalue weighted by molar-refractivity contribution is 5.71. The van der Waals surface area contributed by atoms with Crippen LogP contribution in [-0.4, -0.2) is 6.61 Å². The maximum absolute atomic E-state index is 14.9. The zero-order valence-corrected chi connectivity index (χ0v) is 22.1. The normalized spacial score (nSPS) is 11.1. The van der Waals surface area contributed by atoms with Crippen molar-refractivity contribution in [2.45, 2.75) is 90.9 Å². The van der Waals surface area contributed by atoms with Crippen LogP contribution in [0.3, 0.4) is 0 Å². The van der Waals surface area contributed by atoms with Gasteiger partial charge in [-0.1, -0.05) is 120 Å². The van der Waals surface area contributed by atoms with Gasteiger partial charge >= 0.3 is 0 Å². The van der Waals surface area contributed by atoms with E-state index in [0.717, 1.165) is 30.4 Å². The van der Waals surface area contributed by atoms with Crippen LogP contribution < -0.4 is 4.74 Å². The lowest BCUT2D eigenvalue weighted by molar-refractivity contribution is 0.285. The van der Waals surface area contributed by atoms with Gasteiger partial charge in [0.05, 0.1) is 6.61 Å². The lowest BCUT2D eigenvalue weighted by Gasteiger charge is -2.11. The quantitative estimate of drug-likeness (QED) is 0.181. The summed E-state index contributed by atoms with van der Waals surface area (Å²) in [6, 6.07) is 19.4. The van der Waals surface area contributed by atoms with E-state index in [1.807, 2.05) is 24.3 Å². The van der Waals surface area contributed by atoms with Crippen molar-refractivity contribution in [3.63, 3.8) is 0 Å². The van der Waals surface area contributed by atoms with Crippen molar-refractivity contribution in [3.8, 4) is 28.0 Å². The van der Waals surface area contributed by atoms with Gasteiger partial charge in [-0.2, -0.15) is 4.39 Å². The molecule has 0 aromatic heterocycles. The zero-order valence-electron chi connectivity index (χ0n) is 22.1. The van der Waals surface area contributed by atoms with Crippen LogP contribution >= 0.6 is 0 Å². The fourth-order valence-corrected chi connectivity index (χ4v) is 4.57. The number of hydrogen-bond donors (Lipinski definition) is 0. The SMILES string of the molecule is CCCCCCCCCCOc1ccc(-c2ccc(-c3ccc(CCCCC)cc3)cc2)c(F)c1F. The van der Waals surface area contributed by atoms with Gasteiger partial charge in [0.25, 0.3) is 0 Å². The number of hydrogen-bond acceptors (Lipinski definition) is 1. The van der Waals surface area contributed by atoms with Gasteiger partial charge in [-0.3, -0.25) is 0 Å². The Morgan fingerprint density at radius 1 is 0.528 bits per heavy atom. The van der Waals surface area contributed by atoms with Crippen LogP contribution in [0.4, 0.5) is 8.78 Å². The molecule has 0 aliphatic heterocycles. The topological polar surface area (TPSA) is 9.23 Å². The van der Waals surface area contributed by atoms with Crippen molar-refractivity contribution in [3.05, 3.63) is 77.9 Å². The molecular weight excluding hydrogens is 450 g/mol. The summed E-state index contributed by atoms with van der Waals surface area (Å²) in [5.74, 6) is -1.77. The fourth-order valence-electron chi connectivity index (χ4n) is 4.57. The number of aryl methyl sites for hydroxylation is 1. The van der Waals surface area contributed by atoms with Crippen molar-refractivity contribution in [1.82, 2.24) is 0 Å². The van der Waals surface area contributed by atoms with Gasteiger partial charge in [0.1, 0.15) is 0 Å². The summed E-state index contributed by atoms with van der Waals surface area (Å²) in [6.07, 6.45) is 14.3. The first-order valence-corrected chi connectivity index (χ1v) is 13.9. The first-order valence-electron chi connectivity index (χ1n) is 13.9. The van der Waals surface area contributed by atoms with E-state index in [2.05, 4.69) is 38.1 Å². The molecule has 0 aliphatic carbocycles. The molecule has 0 fully saturated rings. The van der Waals surface area contributed by atoms with Crippen LogP contribution in [0.15, 0.2) is 60.7 Å². The molecule has 0 aliphatic rings. The standard InChI is InChI=1S/C33H42F2O/c1-3-5-7-8-9-10-11-13-25-36-31-24-23-30(32(34)33(31)35)29-21-19-28(20-22-29)27-17-15-26(16-18-27)14-12-6-4-2/h15-24H,3-14,25H2,1-2H3. The van der Waals surface area contributed by atoms with E-state index < -0.39 is 11.6 Å². The van der Waals surface area contributed by atoms with Crippen LogP contribution in [0.5, 0.6) is 5.75 Å². The third-order valence-electron chi connectivity index (χ3n) is 6.85. The van der Waals surface area contributed by atoms with Gasteiger partial charge in [0, 0.05) is 5.56 Å². The van der Waals surface area contributed by atoms with Gasteiger partial charge in [-0.25, -0.2) is 4.39 Å². The highest BCUT2D eigenvalue weighted by atomic mass is 19.2. The Labute approximate surface area is 216 Å². The highest BCUT2D eigenvalue weighted by Crippen LogP contribution is 2.31. The molecule has 3 aromatic carbocycles. The average Bonchev–Trinajstić information content (AvgIpc) is 2.91. The first-order chi connectivity index (χ1) is 17.6. The fraction of sp³-hybridized carbons (Fsp3) is 0.455. The van der Waals surface area contributed by atoms with Crippen LogP contribution in [0, 0.1) is 11.6 Å². The summed E-state index contributed by atoms with van der Waals surface area (Å²) in [5, 5.41) is 0. The summed E-state index contributed by atoms with van der Waals surface area (Å²) < 4.78 is 35.1. The lowest BCUT2D eigenvalue weighted by Crippen LogP contribution is -2.01. The molecule has 0 saturated carbocycles. The smallest absolute Gasteiger partial charge is 0.201 e. The monoisotopic (exact) mass is 492 g/mol. The van der Waals surface area contributed by atoms with Crippen molar-refractivity contribution < 1.29 is 13.5 Å². The zero-order chi connectivity index (χ0) is 25.6. The summed E-state index contributed by atoms with van der Waals surface area (Å²) in [6.45, 7) is 4.85. The molecule has 3 heteroatoms. The minimum atomic E-state index is -0.908. The number of rotatable bonds is 16. The van der Waals surface area contributed by atoms with Crippen molar-refractivity contribution >= 4 is 0 Å². The maximum Gasteiger partial charge on any atom is 0.201 e. The minimum Gasteiger partial charge on any atom is -0.490 e. The molecule has 3 aromatic rings. The van der Waals surface area contributed by atoms with Crippen molar-refractivity contribution in [2.75, 3.05) is 6.61 Å². The van der Waals surface area contributed by atoms with Gasteiger partial charge < -0.3 is 4.74 Å². The second kappa shape index (κ2) is 15.4. The number of benzene rings is 3. The Morgan fingerprint density at radius 2 is 1.06 bits per heavy atom. The number of halogens is 2. The molecule has 0 amide bonds. The summed E-state index contributed by atoms with van der Waals surface area (Å²) in [5.41, 5.74) is 4.44. The summed E-state index contributed by atoms with van der Waals surface area (Å²) >= 11 is 0. The number of ether oxygens (including phenoxy) is 1. The van der Waals surface area contributed by atoms with Crippen LogP contribution in [-0.2, 0) is 6.42 Å². The molecule has 0 spiro atoms. The molecule has 0 unspecified atom stereocenters. The van der Waals surface area contributed by atoms with Gasteiger partial charge in [0.15, 0.2) is 11.6 Å². The predicted molar refractivity (Wildman–Crippen MR) is 149 cm³/mol.